The van der Waals surface area contributed by atoms with Crippen molar-refractivity contribution in [1.29, 1.82) is 0 Å². The van der Waals surface area contributed by atoms with Gasteiger partial charge in [-0.15, -0.1) is 0 Å². The van der Waals surface area contributed by atoms with E-state index in [-0.39, 0.29) is 0 Å². The normalized spacial score (nSPS) is 16.8. The number of aryl methyl sites for hydroxylation is 1. The molecule has 0 aromatic heterocycles. The molecule has 2 aromatic carbocycles. The zero-order chi connectivity index (χ0) is 17.6. The monoisotopic (exact) mass is 345 g/mol. The predicted molar refractivity (Wildman–Crippen MR) is 113 cm³/mol. The van der Waals surface area contributed by atoms with Crippen LogP contribution < -0.4 is 5.19 Å². The third kappa shape index (κ3) is 2.55. The van der Waals surface area contributed by atoms with Gasteiger partial charge < -0.3 is 0 Å². The van der Waals surface area contributed by atoms with E-state index in [0.717, 1.165) is 0 Å². The number of hydrogen-bond acceptors (Lipinski definition) is 0. The number of allylic oxidation sites excluding steroid dienone is 1. The molecule has 0 N–H and O–H groups in total. The maximum Gasteiger partial charge on any atom is 0.113 e. The van der Waals surface area contributed by atoms with Crippen molar-refractivity contribution in [1.82, 2.24) is 0 Å². The van der Waals surface area contributed by atoms with Gasteiger partial charge in [-0.2, -0.15) is 0 Å². The summed E-state index contributed by atoms with van der Waals surface area (Å²) in [6.07, 6.45) is 8.72. The number of fused-ring (bicyclic) bond motifs is 1. The van der Waals surface area contributed by atoms with Crippen LogP contribution in [0.15, 0.2) is 42.0 Å². The molecule has 0 atom stereocenters. The first-order valence-electron chi connectivity index (χ1n) is 9.93. The number of unbranched alkanes of at least 4 members (excludes halogenated alkanes) is 1. The van der Waals surface area contributed by atoms with Crippen LogP contribution >= 0.6 is 0 Å². The van der Waals surface area contributed by atoms with Gasteiger partial charge in [0, 0.05) is 6.42 Å². The van der Waals surface area contributed by atoms with E-state index in [4.69, 9.17) is 0 Å². The lowest BCUT2D eigenvalue weighted by atomic mass is 9.96. The molecule has 1 aliphatic carbocycles. The molecule has 0 amide bonds. The molecule has 0 saturated heterocycles. The molecule has 1 radical (unpaired) electrons. The molecule has 4 rings (SSSR count). The van der Waals surface area contributed by atoms with E-state index in [1.807, 2.05) is 0 Å². The van der Waals surface area contributed by atoms with Crippen LogP contribution in [0.25, 0.3) is 16.3 Å². The lowest BCUT2D eigenvalue weighted by Crippen LogP contribution is -2.39. The molecular formula is C24H29Si. The van der Waals surface area contributed by atoms with Gasteiger partial charge in [0.2, 0.25) is 0 Å². The SMILES string of the molecule is CCCCC1=C2c3c(ccc(c3-c3ccc(CCC)cc3)[Si]2(C)C)[CH]1. The van der Waals surface area contributed by atoms with Gasteiger partial charge in [0.1, 0.15) is 8.07 Å². The van der Waals surface area contributed by atoms with Gasteiger partial charge >= 0.3 is 0 Å². The summed E-state index contributed by atoms with van der Waals surface area (Å²) < 4.78 is 0. The Labute approximate surface area is 154 Å². The van der Waals surface area contributed by atoms with Crippen LogP contribution in [0.1, 0.15) is 56.2 Å². The van der Waals surface area contributed by atoms with Gasteiger partial charge in [0.15, 0.2) is 0 Å². The van der Waals surface area contributed by atoms with Crippen LogP contribution in [0.5, 0.6) is 0 Å². The second-order valence-electron chi connectivity index (χ2n) is 8.17. The average molecular weight is 346 g/mol. The highest BCUT2D eigenvalue weighted by Crippen LogP contribution is 2.50. The summed E-state index contributed by atoms with van der Waals surface area (Å²) in [6.45, 7) is 9.65. The number of benzene rings is 2. The molecule has 2 bridgehead atoms. The summed E-state index contributed by atoms with van der Waals surface area (Å²) in [5, 5.41) is 3.38. The van der Waals surface area contributed by atoms with Gasteiger partial charge in [-0.3, -0.25) is 0 Å². The van der Waals surface area contributed by atoms with Crippen LogP contribution in [0.2, 0.25) is 13.1 Å². The van der Waals surface area contributed by atoms with E-state index < -0.39 is 8.07 Å². The molecule has 2 aromatic rings. The largest absolute Gasteiger partial charge is 0.113 e. The minimum absolute atomic E-state index is 1.18. The molecule has 129 valence electrons. The minimum atomic E-state index is -1.56. The average Bonchev–Trinajstić information content (AvgIpc) is 3.05. The van der Waals surface area contributed by atoms with Crippen LogP contribution in [0, 0.1) is 6.42 Å². The van der Waals surface area contributed by atoms with Crippen molar-refractivity contribution in [2.24, 2.45) is 0 Å². The molecule has 0 spiro atoms. The quantitative estimate of drug-likeness (QED) is 0.540. The summed E-state index contributed by atoms with van der Waals surface area (Å²) in [6, 6.07) is 14.2. The highest BCUT2D eigenvalue weighted by molar-refractivity contribution is 7.07. The summed E-state index contributed by atoms with van der Waals surface area (Å²) in [5.41, 5.74) is 9.13. The minimum Gasteiger partial charge on any atom is -0.0654 e. The van der Waals surface area contributed by atoms with Crippen molar-refractivity contribution in [2.75, 3.05) is 0 Å². The fraction of sp³-hybridized carbons (Fsp3) is 0.375. The van der Waals surface area contributed by atoms with Gasteiger partial charge in [-0.1, -0.05) is 81.8 Å². The maximum atomic E-state index is 2.55. The predicted octanol–water partition coefficient (Wildman–Crippen LogP) is 6.28. The fourth-order valence-corrected chi connectivity index (χ4v) is 8.35. The highest BCUT2D eigenvalue weighted by atomic mass is 28.3. The van der Waals surface area contributed by atoms with E-state index in [0.29, 0.717) is 0 Å². The first-order valence-corrected chi connectivity index (χ1v) is 12.9. The summed E-state index contributed by atoms with van der Waals surface area (Å²) in [4.78, 5) is 0. The number of rotatable bonds is 6. The van der Waals surface area contributed by atoms with Crippen molar-refractivity contribution >= 4 is 18.5 Å². The molecule has 25 heavy (non-hydrogen) atoms. The van der Waals surface area contributed by atoms with E-state index in [2.05, 4.69) is 69.8 Å². The van der Waals surface area contributed by atoms with Crippen molar-refractivity contribution in [2.45, 2.75) is 59.0 Å². The zero-order valence-corrected chi connectivity index (χ0v) is 17.1. The van der Waals surface area contributed by atoms with Crippen LogP contribution in [0.3, 0.4) is 0 Å². The van der Waals surface area contributed by atoms with Crippen molar-refractivity contribution in [3.8, 4) is 11.1 Å². The molecule has 1 heteroatoms. The Bertz CT molecular complexity index is 837. The lowest BCUT2D eigenvalue weighted by Gasteiger charge is -2.22. The molecule has 1 heterocycles. The van der Waals surface area contributed by atoms with Gasteiger partial charge in [-0.05, 0) is 57.5 Å². The standard InChI is InChI=1S/C24H29Si/c1-5-7-9-20-16-19-14-15-21-22(23(19)24(20)25(21,3)4)18-12-10-17(8-6-2)11-13-18/h10-16H,5-9H2,1-4H3. The Hall–Kier alpha value is -1.60. The Morgan fingerprint density at radius 2 is 1.56 bits per heavy atom. The number of hydrogen-bond donors (Lipinski definition) is 0. The highest BCUT2D eigenvalue weighted by Gasteiger charge is 2.45. The van der Waals surface area contributed by atoms with Crippen molar-refractivity contribution in [3.05, 3.63) is 65.1 Å². The summed E-state index contributed by atoms with van der Waals surface area (Å²) in [5.74, 6) is 0. The van der Waals surface area contributed by atoms with E-state index in [1.54, 1.807) is 27.1 Å². The van der Waals surface area contributed by atoms with Gasteiger partial charge in [0.05, 0.1) is 0 Å². The smallest absolute Gasteiger partial charge is 0.0654 e. The third-order valence-corrected chi connectivity index (χ3v) is 9.60. The van der Waals surface area contributed by atoms with E-state index >= 15 is 0 Å². The second kappa shape index (κ2) is 6.28. The Kier molecular flexibility index (Phi) is 4.23. The maximum absolute atomic E-state index is 2.55. The Morgan fingerprint density at radius 1 is 0.800 bits per heavy atom. The van der Waals surface area contributed by atoms with E-state index in [9.17, 15) is 0 Å². The van der Waals surface area contributed by atoms with Crippen molar-refractivity contribution in [3.63, 3.8) is 0 Å². The zero-order valence-electron chi connectivity index (χ0n) is 16.1. The molecule has 1 aliphatic heterocycles. The summed E-state index contributed by atoms with van der Waals surface area (Å²) >= 11 is 0. The van der Waals surface area contributed by atoms with E-state index in [1.165, 1.54) is 48.8 Å². The van der Waals surface area contributed by atoms with Crippen LogP contribution in [0.4, 0.5) is 0 Å². The molecule has 0 fully saturated rings. The van der Waals surface area contributed by atoms with Gasteiger partial charge in [-0.25, -0.2) is 0 Å². The summed E-state index contributed by atoms with van der Waals surface area (Å²) in [7, 11) is -1.56. The molecule has 0 unspecified atom stereocenters. The molecule has 0 saturated carbocycles. The molecular weight excluding hydrogens is 316 g/mol. The topological polar surface area (TPSA) is 0 Å². The first kappa shape index (κ1) is 16.8. The van der Waals surface area contributed by atoms with Crippen LogP contribution in [-0.2, 0) is 6.42 Å². The third-order valence-electron chi connectivity index (χ3n) is 6.02. The Balaban J connectivity index is 1.84. The second-order valence-corrected chi connectivity index (χ2v) is 12.5. The van der Waals surface area contributed by atoms with Gasteiger partial charge in [0.25, 0.3) is 0 Å². The first-order chi connectivity index (χ1) is 12.1. The van der Waals surface area contributed by atoms with Crippen molar-refractivity contribution < 1.29 is 0 Å². The lowest BCUT2D eigenvalue weighted by molar-refractivity contribution is 0.796. The van der Waals surface area contributed by atoms with Crippen LogP contribution in [-0.4, -0.2) is 8.07 Å². The fourth-order valence-electron chi connectivity index (χ4n) is 4.79. The Morgan fingerprint density at radius 3 is 2.24 bits per heavy atom. The molecule has 0 nitrogen and oxygen atoms in total. The molecule has 2 aliphatic rings.